The molecule has 268 valence electrons. The zero-order valence-electron chi connectivity index (χ0n) is 31.3. The molecule has 0 saturated heterocycles. The van der Waals surface area contributed by atoms with Gasteiger partial charge in [-0.15, -0.1) is 0 Å². The van der Waals surface area contributed by atoms with Crippen LogP contribution in [0.2, 0.25) is 0 Å². The molecule has 2 heterocycles. The van der Waals surface area contributed by atoms with E-state index in [0.717, 1.165) is 60.2 Å². The van der Waals surface area contributed by atoms with E-state index in [2.05, 4.69) is 170 Å². The lowest BCUT2D eigenvalue weighted by Gasteiger charge is -2.20. The van der Waals surface area contributed by atoms with Crippen molar-refractivity contribution in [2.75, 3.05) is 0 Å². The number of benzene rings is 11. The number of hydrogen-bond acceptors (Lipinski definition) is 2. The molecule has 0 spiro atoms. The Labute approximate surface area is 332 Å². The lowest BCUT2D eigenvalue weighted by molar-refractivity contribution is 0.664. The number of furan rings is 2. The summed E-state index contributed by atoms with van der Waals surface area (Å²) in [6.07, 6.45) is 0. The second kappa shape index (κ2) is 11.9. The molecule has 0 amide bonds. The Hall–Kier alpha value is -7.68. The summed E-state index contributed by atoms with van der Waals surface area (Å²) in [7, 11) is 0. The van der Waals surface area contributed by atoms with Crippen LogP contribution >= 0.6 is 0 Å². The van der Waals surface area contributed by atoms with Crippen molar-refractivity contribution in [1.82, 2.24) is 0 Å². The van der Waals surface area contributed by atoms with Crippen molar-refractivity contribution in [2.45, 2.75) is 0 Å². The minimum Gasteiger partial charge on any atom is -0.456 e. The van der Waals surface area contributed by atoms with Gasteiger partial charge in [0.2, 0.25) is 0 Å². The zero-order chi connectivity index (χ0) is 37.9. The highest BCUT2D eigenvalue weighted by Gasteiger charge is 2.21. The van der Waals surface area contributed by atoms with Crippen LogP contribution in [0.4, 0.5) is 0 Å². The van der Waals surface area contributed by atoms with Crippen molar-refractivity contribution in [3.8, 4) is 33.4 Å². The lowest BCUT2D eigenvalue weighted by atomic mass is 9.83. The van der Waals surface area contributed by atoms with Crippen LogP contribution in [-0.4, -0.2) is 0 Å². The molecule has 58 heavy (non-hydrogen) atoms. The minimum atomic E-state index is 0.868. The van der Waals surface area contributed by atoms with Crippen LogP contribution in [0.15, 0.2) is 203 Å². The van der Waals surface area contributed by atoms with Gasteiger partial charge in [0.25, 0.3) is 0 Å². The maximum atomic E-state index is 6.75. The van der Waals surface area contributed by atoms with Crippen LogP contribution in [-0.2, 0) is 0 Å². The Morgan fingerprint density at radius 1 is 0.259 bits per heavy atom. The van der Waals surface area contributed by atoms with Gasteiger partial charge < -0.3 is 8.83 Å². The SMILES string of the molecule is c1ccc2cc(-c3c4ccccc4c(-c4ccc(-c5ccc6ccc7c(oc8ccc9oc%10ccccc%10c9c87)c6c5)c5ccccc45)c4ccccc34)ccc2c1. The topological polar surface area (TPSA) is 26.3 Å². The first-order valence-corrected chi connectivity index (χ1v) is 19.9. The van der Waals surface area contributed by atoms with E-state index in [1.807, 2.05) is 24.3 Å². The summed E-state index contributed by atoms with van der Waals surface area (Å²) in [4.78, 5) is 0. The fourth-order valence-corrected chi connectivity index (χ4v) is 9.87. The summed E-state index contributed by atoms with van der Waals surface area (Å²) in [6, 6.07) is 70.5. The molecule has 13 rings (SSSR count). The molecule has 0 unspecified atom stereocenters. The highest BCUT2D eigenvalue weighted by molar-refractivity contribution is 6.29. The van der Waals surface area contributed by atoms with E-state index in [0.29, 0.717) is 0 Å². The third-order valence-corrected chi connectivity index (χ3v) is 12.4. The van der Waals surface area contributed by atoms with Gasteiger partial charge >= 0.3 is 0 Å². The fraction of sp³-hybridized carbons (Fsp3) is 0. The highest BCUT2D eigenvalue weighted by Crippen LogP contribution is 2.48. The van der Waals surface area contributed by atoms with Gasteiger partial charge in [-0.2, -0.15) is 0 Å². The largest absolute Gasteiger partial charge is 0.456 e. The van der Waals surface area contributed by atoms with E-state index in [4.69, 9.17) is 8.83 Å². The fourth-order valence-electron chi connectivity index (χ4n) is 9.87. The molecule has 0 N–H and O–H groups in total. The Morgan fingerprint density at radius 2 is 0.793 bits per heavy atom. The van der Waals surface area contributed by atoms with Gasteiger partial charge in [0, 0.05) is 26.9 Å². The van der Waals surface area contributed by atoms with E-state index >= 15 is 0 Å². The molecule has 0 bridgehead atoms. The molecule has 0 fully saturated rings. The van der Waals surface area contributed by atoms with Gasteiger partial charge in [0.1, 0.15) is 22.3 Å². The van der Waals surface area contributed by atoms with Gasteiger partial charge in [0.15, 0.2) is 0 Å². The van der Waals surface area contributed by atoms with Crippen molar-refractivity contribution in [1.29, 1.82) is 0 Å². The van der Waals surface area contributed by atoms with Crippen LogP contribution in [0.5, 0.6) is 0 Å². The van der Waals surface area contributed by atoms with Gasteiger partial charge in [-0.25, -0.2) is 0 Å². The Morgan fingerprint density at radius 3 is 1.55 bits per heavy atom. The molecule has 0 radical (unpaired) electrons. The first kappa shape index (κ1) is 31.5. The lowest BCUT2D eigenvalue weighted by Crippen LogP contribution is -1.92. The third-order valence-electron chi connectivity index (χ3n) is 12.4. The van der Waals surface area contributed by atoms with Crippen LogP contribution in [0.25, 0.3) is 131 Å². The summed E-state index contributed by atoms with van der Waals surface area (Å²) in [6.45, 7) is 0. The molecule has 11 aromatic carbocycles. The molecule has 0 atom stereocenters. The van der Waals surface area contributed by atoms with E-state index in [1.165, 1.54) is 70.9 Å². The summed E-state index contributed by atoms with van der Waals surface area (Å²) in [5.74, 6) is 0. The van der Waals surface area contributed by atoms with Crippen molar-refractivity contribution in [3.05, 3.63) is 194 Å². The van der Waals surface area contributed by atoms with Gasteiger partial charge in [-0.1, -0.05) is 158 Å². The predicted molar refractivity (Wildman–Crippen MR) is 245 cm³/mol. The van der Waals surface area contributed by atoms with Gasteiger partial charge in [0.05, 0.1) is 0 Å². The second-order valence-corrected chi connectivity index (χ2v) is 15.5. The first-order valence-electron chi connectivity index (χ1n) is 19.9. The maximum Gasteiger partial charge on any atom is 0.143 e. The molecule has 2 aromatic heterocycles. The minimum absolute atomic E-state index is 0.868. The van der Waals surface area contributed by atoms with E-state index in [1.54, 1.807) is 0 Å². The molecule has 0 aliphatic carbocycles. The van der Waals surface area contributed by atoms with Crippen molar-refractivity contribution >= 4 is 97.7 Å². The standard InChI is InChI=1S/C56H32O2/c1-2-12-35-31-37(24-21-33(35)11-1)52-41-15-5-7-17-43(41)53(44-18-8-6-16-42(44)52)45-28-27-38(39-13-3-4-14-40(39)45)36-23-22-34-25-26-47-55-51(58-56(47)48(34)32-36)30-29-50-54(55)46-19-9-10-20-49(46)57-50/h1-32H. The summed E-state index contributed by atoms with van der Waals surface area (Å²) < 4.78 is 13.0. The molecule has 0 aliphatic rings. The molecular weight excluding hydrogens is 705 g/mol. The highest BCUT2D eigenvalue weighted by atomic mass is 16.3. The normalized spacial score (nSPS) is 12.1. The van der Waals surface area contributed by atoms with E-state index in [-0.39, 0.29) is 0 Å². The number of fused-ring (bicyclic) bond motifs is 13. The van der Waals surface area contributed by atoms with Crippen molar-refractivity contribution < 1.29 is 8.83 Å². The van der Waals surface area contributed by atoms with E-state index in [9.17, 15) is 0 Å². The van der Waals surface area contributed by atoms with Crippen LogP contribution in [0.1, 0.15) is 0 Å². The van der Waals surface area contributed by atoms with Gasteiger partial charge in [-0.3, -0.25) is 0 Å². The third kappa shape index (κ3) is 4.43. The average molecular weight is 737 g/mol. The molecule has 2 heteroatoms. The van der Waals surface area contributed by atoms with Crippen molar-refractivity contribution in [3.63, 3.8) is 0 Å². The van der Waals surface area contributed by atoms with Gasteiger partial charge in [-0.05, 0) is 118 Å². The maximum absolute atomic E-state index is 6.75. The van der Waals surface area contributed by atoms with Crippen LogP contribution in [0.3, 0.4) is 0 Å². The second-order valence-electron chi connectivity index (χ2n) is 15.5. The number of hydrogen-bond donors (Lipinski definition) is 0. The van der Waals surface area contributed by atoms with Crippen LogP contribution < -0.4 is 0 Å². The molecule has 13 aromatic rings. The summed E-state index contributed by atoms with van der Waals surface area (Å²) >= 11 is 0. The van der Waals surface area contributed by atoms with E-state index < -0.39 is 0 Å². The number of rotatable bonds is 3. The zero-order valence-corrected chi connectivity index (χ0v) is 31.3. The predicted octanol–water partition coefficient (Wildman–Crippen LogP) is 16.3. The molecule has 0 saturated carbocycles. The average Bonchev–Trinajstić information content (AvgIpc) is 3.86. The van der Waals surface area contributed by atoms with Crippen LogP contribution in [0, 0.1) is 0 Å². The quantitative estimate of drug-likeness (QED) is 0.169. The monoisotopic (exact) mass is 736 g/mol. The smallest absolute Gasteiger partial charge is 0.143 e. The Kier molecular flexibility index (Phi) is 6.47. The molecular formula is C56H32O2. The number of para-hydroxylation sites is 1. The first-order chi connectivity index (χ1) is 28.8. The Bertz CT molecular complexity index is 3800. The molecule has 0 aliphatic heterocycles. The summed E-state index contributed by atoms with van der Waals surface area (Å²) in [5.41, 5.74) is 10.9. The molecule has 2 nitrogen and oxygen atoms in total. The Balaban J connectivity index is 1.03. The summed E-state index contributed by atoms with van der Waals surface area (Å²) in [5, 5.41) is 16.6. The van der Waals surface area contributed by atoms with Crippen molar-refractivity contribution in [2.24, 2.45) is 0 Å².